The maximum Gasteiger partial charge on any atom is 0.253 e. The maximum absolute atomic E-state index is 13.1. The van der Waals surface area contributed by atoms with Crippen LogP contribution in [0.3, 0.4) is 0 Å². The van der Waals surface area contributed by atoms with Gasteiger partial charge in [0.25, 0.3) is 5.91 Å². The van der Waals surface area contributed by atoms with Crippen LogP contribution in [0.1, 0.15) is 24.2 Å². The monoisotopic (exact) mass is 459 g/mol. The van der Waals surface area contributed by atoms with Gasteiger partial charge in [-0.3, -0.25) is 4.79 Å². The van der Waals surface area contributed by atoms with Crippen molar-refractivity contribution in [2.24, 2.45) is 0 Å². The molecule has 1 fully saturated rings. The number of amides is 1. The minimum Gasteiger partial charge on any atom is -0.486 e. The number of carbonyl (C=O) groups is 1. The number of rotatable bonds is 6. The fourth-order valence-corrected chi connectivity index (χ4v) is 5.49. The number of carbonyl (C=O) groups excluding carboxylic acids is 1. The number of fused-ring (bicyclic) bond motifs is 1. The number of hydrogen-bond donors (Lipinski definition) is 0. The third kappa shape index (κ3) is 4.40. The summed E-state index contributed by atoms with van der Waals surface area (Å²) >= 11 is 0. The van der Waals surface area contributed by atoms with Gasteiger partial charge >= 0.3 is 0 Å². The minimum atomic E-state index is -3.68. The van der Waals surface area contributed by atoms with E-state index in [1.165, 1.54) is 16.4 Å². The van der Waals surface area contributed by atoms with E-state index < -0.39 is 10.0 Å². The summed E-state index contributed by atoms with van der Waals surface area (Å²) in [6.45, 7) is 8.05. The molecule has 0 radical (unpaired) electrons. The number of piperazine rings is 1. The Morgan fingerprint density at radius 1 is 0.906 bits per heavy atom. The fourth-order valence-electron chi connectivity index (χ4n) is 4.05. The van der Waals surface area contributed by atoms with Gasteiger partial charge in [-0.2, -0.15) is 4.31 Å². The van der Waals surface area contributed by atoms with Crippen LogP contribution in [0.5, 0.6) is 11.5 Å². The Hall–Kier alpha value is -2.78. The first-order valence-electron chi connectivity index (χ1n) is 11.0. The lowest BCUT2D eigenvalue weighted by molar-refractivity contribution is 0.0698. The lowest BCUT2D eigenvalue weighted by Gasteiger charge is -2.34. The van der Waals surface area contributed by atoms with Crippen molar-refractivity contribution in [3.8, 4) is 11.5 Å². The van der Waals surface area contributed by atoms with Crippen molar-refractivity contribution in [3.63, 3.8) is 0 Å². The molecular formula is C23H29N3O5S. The third-order valence-corrected chi connectivity index (χ3v) is 7.81. The van der Waals surface area contributed by atoms with Crippen LogP contribution in [0, 0.1) is 0 Å². The number of sulfonamides is 1. The van der Waals surface area contributed by atoms with E-state index >= 15 is 0 Å². The number of benzene rings is 2. The Balaban J connectivity index is 1.40. The first kappa shape index (κ1) is 22.4. The smallest absolute Gasteiger partial charge is 0.253 e. The normalized spacial score (nSPS) is 16.6. The van der Waals surface area contributed by atoms with Crippen molar-refractivity contribution >= 4 is 21.6 Å². The summed E-state index contributed by atoms with van der Waals surface area (Å²) in [7, 11) is -3.68. The molecule has 2 heterocycles. The molecule has 172 valence electrons. The van der Waals surface area contributed by atoms with Crippen LogP contribution in [0.2, 0.25) is 0 Å². The van der Waals surface area contributed by atoms with Crippen LogP contribution in [-0.2, 0) is 10.0 Å². The highest BCUT2D eigenvalue weighted by Gasteiger charge is 2.31. The van der Waals surface area contributed by atoms with Crippen LogP contribution in [0.4, 0.5) is 5.69 Å². The van der Waals surface area contributed by atoms with Crippen LogP contribution < -0.4 is 14.4 Å². The van der Waals surface area contributed by atoms with Crippen molar-refractivity contribution < 1.29 is 22.7 Å². The SMILES string of the molecule is CCN(CC)c1ccc(C(=O)N2CCN(S(=O)(=O)c3ccc4c(c3)OCCO4)CC2)cc1. The van der Waals surface area contributed by atoms with Crippen LogP contribution in [0.25, 0.3) is 0 Å². The van der Waals surface area contributed by atoms with E-state index in [1.54, 1.807) is 11.0 Å². The van der Waals surface area contributed by atoms with Gasteiger partial charge in [0.15, 0.2) is 11.5 Å². The first-order valence-corrected chi connectivity index (χ1v) is 12.4. The molecule has 0 atom stereocenters. The van der Waals surface area contributed by atoms with Gasteiger partial charge in [-0.1, -0.05) is 0 Å². The van der Waals surface area contributed by atoms with E-state index in [0.29, 0.717) is 43.4 Å². The van der Waals surface area contributed by atoms with E-state index in [-0.39, 0.29) is 23.9 Å². The van der Waals surface area contributed by atoms with Gasteiger partial charge < -0.3 is 19.3 Å². The summed E-state index contributed by atoms with van der Waals surface area (Å²) in [6.07, 6.45) is 0. The Bertz CT molecular complexity index is 1060. The molecule has 0 N–H and O–H groups in total. The predicted molar refractivity (Wildman–Crippen MR) is 122 cm³/mol. The van der Waals surface area contributed by atoms with Crippen molar-refractivity contribution in [2.75, 3.05) is 57.4 Å². The molecule has 0 saturated carbocycles. The Morgan fingerprint density at radius 2 is 1.53 bits per heavy atom. The zero-order valence-corrected chi connectivity index (χ0v) is 19.3. The van der Waals surface area contributed by atoms with Crippen molar-refractivity contribution in [1.82, 2.24) is 9.21 Å². The van der Waals surface area contributed by atoms with E-state index in [0.717, 1.165) is 18.8 Å². The highest BCUT2D eigenvalue weighted by atomic mass is 32.2. The maximum atomic E-state index is 13.1. The van der Waals surface area contributed by atoms with Crippen LogP contribution in [-0.4, -0.2) is 76.0 Å². The molecule has 2 aliphatic heterocycles. The third-order valence-electron chi connectivity index (χ3n) is 5.92. The van der Waals surface area contributed by atoms with Gasteiger partial charge in [-0.05, 0) is 50.2 Å². The molecule has 1 saturated heterocycles. The van der Waals surface area contributed by atoms with Gasteiger partial charge in [0.1, 0.15) is 13.2 Å². The summed E-state index contributed by atoms with van der Waals surface area (Å²) in [5.41, 5.74) is 1.70. The molecular weight excluding hydrogens is 430 g/mol. The zero-order valence-electron chi connectivity index (χ0n) is 18.5. The highest BCUT2D eigenvalue weighted by Crippen LogP contribution is 2.33. The molecule has 2 aromatic rings. The summed E-state index contributed by atoms with van der Waals surface area (Å²) in [6, 6.07) is 12.3. The fraction of sp³-hybridized carbons (Fsp3) is 0.435. The Morgan fingerprint density at radius 3 is 2.16 bits per heavy atom. The van der Waals surface area contributed by atoms with Crippen LogP contribution in [0.15, 0.2) is 47.4 Å². The molecule has 2 aromatic carbocycles. The standard InChI is InChI=1S/C23H29N3O5S/c1-3-24(4-2)19-7-5-18(6-8-19)23(27)25-11-13-26(14-12-25)32(28,29)20-9-10-21-22(17-20)31-16-15-30-21/h5-10,17H,3-4,11-16H2,1-2H3. The summed E-state index contributed by atoms with van der Waals surface area (Å²) in [4.78, 5) is 17.0. The zero-order chi connectivity index (χ0) is 22.7. The van der Waals surface area contributed by atoms with Crippen molar-refractivity contribution in [1.29, 1.82) is 0 Å². The quantitative estimate of drug-likeness (QED) is 0.660. The second kappa shape index (κ2) is 9.38. The minimum absolute atomic E-state index is 0.0764. The van der Waals surface area contributed by atoms with E-state index in [9.17, 15) is 13.2 Å². The number of hydrogen-bond acceptors (Lipinski definition) is 6. The molecule has 0 spiro atoms. The van der Waals surface area contributed by atoms with Gasteiger partial charge in [-0.25, -0.2) is 8.42 Å². The molecule has 4 rings (SSSR count). The first-order chi connectivity index (χ1) is 15.4. The average Bonchev–Trinajstić information content (AvgIpc) is 2.84. The van der Waals surface area contributed by atoms with Gasteiger partial charge in [-0.15, -0.1) is 0 Å². The topological polar surface area (TPSA) is 79.4 Å². The predicted octanol–water partition coefficient (Wildman–Crippen LogP) is 2.45. The summed E-state index contributed by atoms with van der Waals surface area (Å²) in [5, 5.41) is 0. The molecule has 1 amide bonds. The molecule has 8 nitrogen and oxygen atoms in total. The Kier molecular flexibility index (Phi) is 6.57. The number of anilines is 1. The van der Waals surface area contributed by atoms with E-state index in [2.05, 4.69) is 18.7 Å². The van der Waals surface area contributed by atoms with Gasteiger partial charge in [0.2, 0.25) is 10.0 Å². The molecule has 0 aromatic heterocycles. The second-order valence-electron chi connectivity index (χ2n) is 7.72. The van der Waals surface area contributed by atoms with E-state index in [4.69, 9.17) is 9.47 Å². The summed E-state index contributed by atoms with van der Waals surface area (Å²) in [5.74, 6) is 0.921. The number of ether oxygens (including phenoxy) is 2. The molecule has 9 heteroatoms. The van der Waals surface area contributed by atoms with Crippen LogP contribution >= 0.6 is 0 Å². The molecule has 2 aliphatic rings. The molecule has 32 heavy (non-hydrogen) atoms. The molecule has 0 aliphatic carbocycles. The van der Waals surface area contributed by atoms with Crippen molar-refractivity contribution in [3.05, 3.63) is 48.0 Å². The molecule has 0 unspecified atom stereocenters. The lowest BCUT2D eigenvalue weighted by atomic mass is 10.1. The lowest BCUT2D eigenvalue weighted by Crippen LogP contribution is -2.50. The van der Waals surface area contributed by atoms with Gasteiger partial charge in [0.05, 0.1) is 4.90 Å². The second-order valence-corrected chi connectivity index (χ2v) is 9.66. The summed E-state index contributed by atoms with van der Waals surface area (Å²) < 4.78 is 38.6. The Labute approximate surface area is 189 Å². The molecule has 0 bridgehead atoms. The largest absolute Gasteiger partial charge is 0.486 e. The number of nitrogens with zero attached hydrogens (tertiary/aromatic N) is 3. The highest BCUT2D eigenvalue weighted by molar-refractivity contribution is 7.89. The van der Waals surface area contributed by atoms with Gasteiger partial charge in [0, 0.05) is 56.6 Å². The van der Waals surface area contributed by atoms with Crippen molar-refractivity contribution in [2.45, 2.75) is 18.7 Å². The van der Waals surface area contributed by atoms with E-state index in [1.807, 2.05) is 24.3 Å². The average molecular weight is 460 g/mol.